The van der Waals surface area contributed by atoms with Crippen molar-refractivity contribution >= 4 is 35.0 Å². The molecule has 4 N–H and O–H groups in total. The first-order valence-corrected chi connectivity index (χ1v) is 6.33. The molecule has 1 heterocycles. The Hall–Kier alpha value is -2.60. The Labute approximate surface area is 125 Å². The van der Waals surface area contributed by atoms with Crippen LogP contribution >= 0.6 is 11.6 Å². The number of pyridine rings is 1. The SMILES string of the molecule is Cc1ccc(C(N)=O)c(Nc2ccc(C(=O)O)c(Cl)c2)n1. The molecule has 0 saturated heterocycles. The van der Waals surface area contributed by atoms with Crippen LogP contribution in [0.1, 0.15) is 26.4 Å². The van der Waals surface area contributed by atoms with Gasteiger partial charge in [-0.3, -0.25) is 4.79 Å². The van der Waals surface area contributed by atoms with Crippen LogP contribution in [0.2, 0.25) is 5.02 Å². The Balaban J connectivity index is 2.38. The molecule has 7 heteroatoms. The fraction of sp³-hybridized carbons (Fsp3) is 0.0714. The highest BCUT2D eigenvalue weighted by atomic mass is 35.5. The van der Waals surface area contributed by atoms with E-state index in [1.54, 1.807) is 19.1 Å². The molecular weight excluding hydrogens is 294 g/mol. The van der Waals surface area contributed by atoms with Crippen LogP contribution in [0.3, 0.4) is 0 Å². The average Bonchev–Trinajstić information content (AvgIpc) is 2.37. The number of aromatic carboxylic acids is 1. The summed E-state index contributed by atoms with van der Waals surface area (Å²) in [5.74, 6) is -1.43. The van der Waals surface area contributed by atoms with E-state index in [9.17, 15) is 9.59 Å². The van der Waals surface area contributed by atoms with Gasteiger partial charge in [-0.15, -0.1) is 0 Å². The van der Waals surface area contributed by atoms with Gasteiger partial charge in [0.05, 0.1) is 16.1 Å². The molecule has 2 rings (SSSR count). The van der Waals surface area contributed by atoms with Gasteiger partial charge in [-0.2, -0.15) is 0 Å². The molecule has 0 radical (unpaired) electrons. The van der Waals surface area contributed by atoms with E-state index in [4.69, 9.17) is 22.4 Å². The number of nitrogens with two attached hydrogens (primary N) is 1. The third kappa shape index (κ3) is 3.29. The molecule has 0 spiro atoms. The molecule has 0 atom stereocenters. The lowest BCUT2D eigenvalue weighted by Crippen LogP contribution is -2.14. The third-order valence-corrected chi connectivity index (χ3v) is 3.07. The van der Waals surface area contributed by atoms with E-state index in [1.807, 2.05) is 0 Å². The number of rotatable bonds is 4. The van der Waals surface area contributed by atoms with Crippen molar-refractivity contribution in [3.8, 4) is 0 Å². The van der Waals surface area contributed by atoms with E-state index in [2.05, 4.69) is 10.3 Å². The maximum Gasteiger partial charge on any atom is 0.337 e. The van der Waals surface area contributed by atoms with Crippen LogP contribution in [0.15, 0.2) is 30.3 Å². The van der Waals surface area contributed by atoms with Crippen molar-refractivity contribution in [1.29, 1.82) is 0 Å². The minimum Gasteiger partial charge on any atom is -0.478 e. The number of carbonyl (C=O) groups is 2. The molecule has 0 bridgehead atoms. The molecular formula is C14H12ClN3O3. The standard InChI is InChI=1S/C14H12ClN3O3/c1-7-2-4-10(12(16)19)13(17-7)18-8-3-5-9(14(20)21)11(15)6-8/h2-6H,1H3,(H2,16,19)(H,17,18)(H,20,21). The minimum atomic E-state index is -1.11. The summed E-state index contributed by atoms with van der Waals surface area (Å²) in [6.07, 6.45) is 0. The van der Waals surface area contributed by atoms with Crippen molar-refractivity contribution in [2.45, 2.75) is 6.92 Å². The summed E-state index contributed by atoms with van der Waals surface area (Å²) in [6, 6.07) is 7.59. The number of hydrogen-bond donors (Lipinski definition) is 3. The number of carboxylic acids is 1. The van der Waals surface area contributed by atoms with E-state index in [-0.39, 0.29) is 16.1 Å². The van der Waals surface area contributed by atoms with Crippen LogP contribution in [0, 0.1) is 6.92 Å². The fourth-order valence-corrected chi connectivity index (χ4v) is 2.02. The summed E-state index contributed by atoms with van der Waals surface area (Å²) < 4.78 is 0. The van der Waals surface area contributed by atoms with Gasteiger partial charge in [-0.1, -0.05) is 11.6 Å². The zero-order chi connectivity index (χ0) is 15.6. The van der Waals surface area contributed by atoms with Crippen molar-refractivity contribution in [2.75, 3.05) is 5.32 Å². The van der Waals surface area contributed by atoms with Crippen LogP contribution < -0.4 is 11.1 Å². The Bertz CT molecular complexity index is 731. The quantitative estimate of drug-likeness (QED) is 0.805. The summed E-state index contributed by atoms with van der Waals surface area (Å²) in [6.45, 7) is 1.77. The lowest BCUT2D eigenvalue weighted by atomic mass is 10.2. The zero-order valence-electron chi connectivity index (χ0n) is 11.1. The largest absolute Gasteiger partial charge is 0.478 e. The molecule has 0 aliphatic carbocycles. The van der Waals surface area contributed by atoms with Gasteiger partial charge >= 0.3 is 5.97 Å². The van der Waals surface area contributed by atoms with E-state index >= 15 is 0 Å². The van der Waals surface area contributed by atoms with Crippen molar-refractivity contribution in [3.05, 3.63) is 52.2 Å². The van der Waals surface area contributed by atoms with Crippen LogP contribution in [-0.4, -0.2) is 22.0 Å². The van der Waals surface area contributed by atoms with Gasteiger partial charge in [0, 0.05) is 11.4 Å². The van der Waals surface area contributed by atoms with E-state index in [0.717, 1.165) is 0 Å². The number of nitrogens with zero attached hydrogens (tertiary/aromatic N) is 1. The van der Waals surface area contributed by atoms with Crippen molar-refractivity contribution < 1.29 is 14.7 Å². The number of carboxylic acid groups (broad SMARTS) is 1. The predicted molar refractivity (Wildman–Crippen MR) is 79.2 cm³/mol. The molecule has 1 aromatic carbocycles. The summed E-state index contributed by atoms with van der Waals surface area (Å²) in [5.41, 5.74) is 6.73. The first kappa shape index (κ1) is 14.8. The third-order valence-electron chi connectivity index (χ3n) is 2.76. The molecule has 0 saturated carbocycles. The topological polar surface area (TPSA) is 105 Å². The van der Waals surface area contributed by atoms with Gasteiger partial charge in [0.2, 0.25) is 0 Å². The summed E-state index contributed by atoms with van der Waals surface area (Å²) in [7, 11) is 0. The normalized spacial score (nSPS) is 10.2. The molecule has 21 heavy (non-hydrogen) atoms. The van der Waals surface area contributed by atoms with Gasteiger partial charge in [0.15, 0.2) is 0 Å². The van der Waals surface area contributed by atoms with Crippen LogP contribution in [0.25, 0.3) is 0 Å². The molecule has 0 aliphatic heterocycles. The van der Waals surface area contributed by atoms with E-state index in [1.165, 1.54) is 18.2 Å². The van der Waals surface area contributed by atoms with Gasteiger partial charge in [0.25, 0.3) is 5.91 Å². The molecule has 2 aromatic rings. The van der Waals surface area contributed by atoms with Crippen molar-refractivity contribution in [1.82, 2.24) is 4.98 Å². The van der Waals surface area contributed by atoms with Crippen molar-refractivity contribution in [3.63, 3.8) is 0 Å². The number of aromatic nitrogens is 1. The lowest BCUT2D eigenvalue weighted by molar-refractivity contribution is 0.0697. The zero-order valence-corrected chi connectivity index (χ0v) is 11.8. The van der Waals surface area contributed by atoms with Gasteiger partial charge in [-0.25, -0.2) is 9.78 Å². The summed E-state index contributed by atoms with van der Waals surface area (Å²) in [4.78, 5) is 26.5. The number of benzene rings is 1. The highest BCUT2D eigenvalue weighted by Crippen LogP contribution is 2.24. The first-order valence-electron chi connectivity index (χ1n) is 5.96. The highest BCUT2D eigenvalue weighted by molar-refractivity contribution is 6.33. The number of hydrogen-bond acceptors (Lipinski definition) is 4. The second-order valence-electron chi connectivity index (χ2n) is 4.34. The Morgan fingerprint density at radius 2 is 1.90 bits per heavy atom. The van der Waals surface area contributed by atoms with E-state index in [0.29, 0.717) is 17.2 Å². The highest BCUT2D eigenvalue weighted by Gasteiger charge is 2.12. The number of primary amides is 1. The first-order chi connectivity index (χ1) is 9.88. The molecule has 0 fully saturated rings. The second kappa shape index (κ2) is 5.80. The Morgan fingerprint density at radius 1 is 1.24 bits per heavy atom. The number of aryl methyl sites for hydroxylation is 1. The lowest BCUT2D eigenvalue weighted by Gasteiger charge is -2.11. The Morgan fingerprint density at radius 3 is 2.48 bits per heavy atom. The Kier molecular flexibility index (Phi) is 4.09. The summed E-state index contributed by atoms with van der Waals surface area (Å²) in [5, 5.41) is 11.9. The average molecular weight is 306 g/mol. The summed E-state index contributed by atoms with van der Waals surface area (Å²) >= 11 is 5.89. The van der Waals surface area contributed by atoms with Crippen LogP contribution in [-0.2, 0) is 0 Å². The van der Waals surface area contributed by atoms with Gasteiger partial charge in [0.1, 0.15) is 5.82 Å². The molecule has 0 aliphatic rings. The van der Waals surface area contributed by atoms with Crippen molar-refractivity contribution in [2.24, 2.45) is 5.73 Å². The number of nitrogens with one attached hydrogen (secondary N) is 1. The maximum absolute atomic E-state index is 11.4. The van der Waals surface area contributed by atoms with Gasteiger partial charge in [-0.05, 0) is 37.3 Å². The minimum absolute atomic E-state index is 0.00505. The second-order valence-corrected chi connectivity index (χ2v) is 4.75. The fourth-order valence-electron chi connectivity index (χ4n) is 1.75. The predicted octanol–water partition coefficient (Wildman–Crippen LogP) is 2.58. The maximum atomic E-state index is 11.4. The molecule has 1 amide bonds. The molecule has 6 nitrogen and oxygen atoms in total. The van der Waals surface area contributed by atoms with Gasteiger partial charge < -0.3 is 16.2 Å². The smallest absolute Gasteiger partial charge is 0.337 e. The van der Waals surface area contributed by atoms with E-state index < -0.39 is 11.9 Å². The van der Waals surface area contributed by atoms with Crippen LogP contribution in [0.4, 0.5) is 11.5 Å². The monoisotopic (exact) mass is 305 g/mol. The number of anilines is 2. The molecule has 1 aromatic heterocycles. The molecule has 108 valence electrons. The number of halogens is 1. The number of carbonyl (C=O) groups excluding carboxylic acids is 1. The van der Waals surface area contributed by atoms with Crippen LogP contribution in [0.5, 0.6) is 0 Å². The number of amides is 1. The molecule has 0 unspecified atom stereocenters.